The van der Waals surface area contributed by atoms with Gasteiger partial charge in [0.25, 0.3) is 0 Å². The van der Waals surface area contributed by atoms with Crippen LogP contribution in [-0.4, -0.2) is 19.3 Å². The molecule has 0 amide bonds. The van der Waals surface area contributed by atoms with E-state index >= 15 is 0 Å². The van der Waals surface area contributed by atoms with Crippen molar-refractivity contribution >= 4 is 21.8 Å². The third-order valence-corrected chi connectivity index (χ3v) is 10.2. The summed E-state index contributed by atoms with van der Waals surface area (Å²) >= 11 is 0. The molecule has 3 heterocycles. The van der Waals surface area contributed by atoms with Crippen molar-refractivity contribution in [1.29, 1.82) is 0 Å². The first-order valence-electron chi connectivity index (χ1n) is 18.2. The molecular formula is C45H48N4O. The van der Waals surface area contributed by atoms with E-state index in [1.165, 1.54) is 52.3 Å². The van der Waals surface area contributed by atoms with Crippen LogP contribution in [0, 0.1) is 19.8 Å². The van der Waals surface area contributed by atoms with Crippen molar-refractivity contribution in [3.8, 4) is 34.1 Å². The molecule has 0 bridgehead atoms. The molecule has 0 radical (unpaired) electrons. The summed E-state index contributed by atoms with van der Waals surface area (Å²) in [5, 5.41) is 7.38. The number of hydrogen-bond donors (Lipinski definition) is 0. The molecule has 7 aromatic rings. The van der Waals surface area contributed by atoms with Gasteiger partial charge in [0.05, 0.1) is 22.4 Å². The summed E-state index contributed by atoms with van der Waals surface area (Å²) < 4.78 is 10.9. The van der Waals surface area contributed by atoms with Gasteiger partial charge in [-0.15, -0.1) is 0 Å². The first kappa shape index (κ1) is 33.3. The molecule has 3 aromatic heterocycles. The predicted molar refractivity (Wildman–Crippen MR) is 208 cm³/mol. The molecule has 0 aliphatic rings. The van der Waals surface area contributed by atoms with Crippen LogP contribution in [0.25, 0.3) is 44.4 Å². The Labute approximate surface area is 296 Å². The number of hydrogen-bond acceptors (Lipinski definition) is 3. The number of aromatic nitrogens is 4. The van der Waals surface area contributed by atoms with Gasteiger partial charge in [-0.3, -0.25) is 4.57 Å². The number of fused-ring (bicyclic) bond motifs is 3. The summed E-state index contributed by atoms with van der Waals surface area (Å²) in [6.45, 7) is 15.7. The van der Waals surface area contributed by atoms with Crippen molar-refractivity contribution in [2.45, 2.75) is 79.6 Å². The third kappa shape index (κ3) is 6.45. The van der Waals surface area contributed by atoms with E-state index in [2.05, 4.69) is 138 Å². The average Bonchev–Trinajstić information content (AvgIpc) is 3.60. The summed E-state index contributed by atoms with van der Waals surface area (Å²) in [6, 6.07) is 36.5. The van der Waals surface area contributed by atoms with E-state index in [1.54, 1.807) is 0 Å². The summed E-state index contributed by atoms with van der Waals surface area (Å²) in [6.07, 6.45) is 5.63. The Morgan fingerprint density at radius 1 is 0.720 bits per heavy atom. The van der Waals surface area contributed by atoms with Crippen molar-refractivity contribution in [2.75, 3.05) is 0 Å². The molecular weight excluding hydrogens is 613 g/mol. The molecule has 2 unspecified atom stereocenters. The monoisotopic (exact) mass is 660 g/mol. The van der Waals surface area contributed by atoms with Gasteiger partial charge in [-0.1, -0.05) is 89.9 Å². The van der Waals surface area contributed by atoms with Crippen LogP contribution in [0.4, 0.5) is 0 Å². The summed E-state index contributed by atoms with van der Waals surface area (Å²) in [5.74, 6) is 4.06. The Kier molecular flexibility index (Phi) is 9.33. The Balaban J connectivity index is 1.29. The highest BCUT2D eigenvalue weighted by molar-refractivity contribution is 6.09. The molecule has 50 heavy (non-hydrogen) atoms. The Bertz CT molecular complexity index is 2280. The van der Waals surface area contributed by atoms with Crippen LogP contribution in [0.2, 0.25) is 0 Å². The molecule has 4 aromatic carbocycles. The van der Waals surface area contributed by atoms with Crippen LogP contribution in [0.5, 0.6) is 11.5 Å². The van der Waals surface area contributed by atoms with Crippen molar-refractivity contribution < 1.29 is 4.74 Å². The summed E-state index contributed by atoms with van der Waals surface area (Å²) in [4.78, 5) is 4.89. The second kappa shape index (κ2) is 14.0. The maximum Gasteiger partial charge on any atom is 0.137 e. The van der Waals surface area contributed by atoms with Gasteiger partial charge in [0.1, 0.15) is 17.3 Å². The van der Waals surface area contributed by atoms with Gasteiger partial charge in [-0.2, -0.15) is 5.10 Å². The molecule has 7 rings (SSSR count). The Morgan fingerprint density at radius 2 is 1.52 bits per heavy atom. The van der Waals surface area contributed by atoms with Crippen LogP contribution in [0.15, 0.2) is 109 Å². The highest BCUT2D eigenvalue weighted by Crippen LogP contribution is 2.38. The number of pyridine rings is 1. The molecule has 0 N–H and O–H groups in total. The molecule has 0 spiro atoms. The van der Waals surface area contributed by atoms with Crippen LogP contribution in [0.3, 0.4) is 0 Å². The molecule has 0 saturated heterocycles. The lowest BCUT2D eigenvalue weighted by atomic mass is 9.88. The van der Waals surface area contributed by atoms with Crippen molar-refractivity contribution in [3.05, 3.63) is 132 Å². The van der Waals surface area contributed by atoms with Gasteiger partial charge in [0.2, 0.25) is 0 Å². The van der Waals surface area contributed by atoms with Crippen molar-refractivity contribution in [3.63, 3.8) is 0 Å². The summed E-state index contributed by atoms with van der Waals surface area (Å²) in [7, 11) is 0. The van der Waals surface area contributed by atoms with Crippen molar-refractivity contribution in [2.24, 2.45) is 5.92 Å². The number of aryl methyl sites for hydroxylation is 1. The predicted octanol–water partition coefficient (Wildman–Crippen LogP) is 12.5. The standard InChI is InChI=1S/C45H48N4O/c1-8-13-30(4)24-31(5)36-18-21-42-41(25-36)40-20-19-39(28-43(40)48(42)44-26-35(29(2)3)22-23-46-44)50-38-17-12-16-37(27-38)49-33(7)45(32(6)47-49)34-14-10-9-11-15-34/h9-12,14-23,25-31H,8,13,24H2,1-7H3. The smallest absolute Gasteiger partial charge is 0.137 e. The first-order chi connectivity index (χ1) is 24.2. The van der Waals surface area contributed by atoms with E-state index < -0.39 is 0 Å². The highest BCUT2D eigenvalue weighted by Gasteiger charge is 2.19. The second-order valence-corrected chi connectivity index (χ2v) is 14.3. The second-order valence-electron chi connectivity index (χ2n) is 14.3. The number of benzene rings is 4. The van der Waals surface area contributed by atoms with Gasteiger partial charge in [-0.05, 0) is 103 Å². The van der Waals surface area contributed by atoms with Gasteiger partial charge in [0, 0.05) is 40.4 Å². The first-order valence-corrected chi connectivity index (χ1v) is 18.2. The van der Waals surface area contributed by atoms with E-state index in [9.17, 15) is 0 Å². The lowest BCUT2D eigenvalue weighted by Gasteiger charge is -2.17. The molecule has 5 nitrogen and oxygen atoms in total. The fourth-order valence-corrected chi connectivity index (χ4v) is 7.63. The molecule has 2 atom stereocenters. The Hall–Kier alpha value is -5.16. The molecule has 254 valence electrons. The number of nitrogens with zero attached hydrogens (tertiary/aromatic N) is 4. The minimum absolute atomic E-state index is 0.402. The normalized spacial score (nSPS) is 13.0. The van der Waals surface area contributed by atoms with E-state index in [4.69, 9.17) is 14.8 Å². The quantitative estimate of drug-likeness (QED) is 0.139. The van der Waals surface area contributed by atoms with Gasteiger partial charge in [0.15, 0.2) is 0 Å². The van der Waals surface area contributed by atoms with Crippen molar-refractivity contribution in [1.82, 2.24) is 19.3 Å². The van der Waals surface area contributed by atoms with Gasteiger partial charge >= 0.3 is 0 Å². The molecule has 0 aliphatic carbocycles. The maximum atomic E-state index is 6.61. The van der Waals surface area contributed by atoms with E-state index in [-0.39, 0.29) is 0 Å². The van der Waals surface area contributed by atoms with Crippen LogP contribution in [-0.2, 0) is 0 Å². The van der Waals surface area contributed by atoms with E-state index in [0.29, 0.717) is 17.8 Å². The summed E-state index contributed by atoms with van der Waals surface area (Å²) in [5.41, 5.74) is 10.3. The highest BCUT2D eigenvalue weighted by atomic mass is 16.5. The van der Waals surface area contributed by atoms with Crippen LogP contribution >= 0.6 is 0 Å². The maximum absolute atomic E-state index is 6.61. The Morgan fingerprint density at radius 3 is 2.30 bits per heavy atom. The fourth-order valence-electron chi connectivity index (χ4n) is 7.63. The fraction of sp³-hybridized carbons (Fsp3) is 0.289. The zero-order chi connectivity index (χ0) is 34.9. The van der Waals surface area contributed by atoms with Crippen LogP contribution < -0.4 is 4.74 Å². The van der Waals surface area contributed by atoms with Crippen LogP contribution in [0.1, 0.15) is 88.2 Å². The molecule has 0 aliphatic heterocycles. The largest absolute Gasteiger partial charge is 0.457 e. The zero-order valence-corrected chi connectivity index (χ0v) is 30.4. The average molecular weight is 661 g/mol. The van der Waals surface area contributed by atoms with Gasteiger partial charge < -0.3 is 4.74 Å². The minimum atomic E-state index is 0.402. The SMILES string of the molecule is CCCC(C)CC(C)c1ccc2c(c1)c1ccc(Oc3cccc(-n4nc(C)c(-c5ccccc5)c4C)c3)cc1n2-c1cc(C(C)C)ccn1. The topological polar surface area (TPSA) is 44.9 Å². The molecule has 0 fully saturated rings. The van der Waals surface area contributed by atoms with Gasteiger partial charge in [-0.25, -0.2) is 9.67 Å². The number of ether oxygens (including phenoxy) is 1. The van der Waals surface area contributed by atoms with E-state index in [1.807, 2.05) is 29.1 Å². The molecule has 0 saturated carbocycles. The number of rotatable bonds is 11. The molecule has 5 heteroatoms. The lowest BCUT2D eigenvalue weighted by molar-refractivity contribution is 0.449. The third-order valence-electron chi connectivity index (χ3n) is 10.2. The lowest BCUT2D eigenvalue weighted by Crippen LogP contribution is -2.02. The van der Waals surface area contributed by atoms with E-state index in [0.717, 1.165) is 45.4 Å². The minimum Gasteiger partial charge on any atom is -0.457 e. The zero-order valence-electron chi connectivity index (χ0n) is 30.4.